The zero-order valence-electron chi connectivity index (χ0n) is 11.2. The molecule has 0 aliphatic carbocycles. The van der Waals surface area contributed by atoms with E-state index in [0.717, 1.165) is 0 Å². The standard InChI is InChI=1S/C10H11ClO3.Ca.H2O.2H/c1-10(2,9(12)13)14-8-5-3-7(11)4-6-8;;;;/h3-6H,1-2H3,(H,12,13);;1H2;;/q;+2;;2*-1. The van der Waals surface area contributed by atoms with Gasteiger partial charge < -0.3 is 18.2 Å². The first-order chi connectivity index (χ1) is 6.42. The van der Waals surface area contributed by atoms with Gasteiger partial charge in [0.15, 0.2) is 5.60 Å². The fourth-order valence-corrected chi connectivity index (χ4v) is 0.967. The number of benzene rings is 1. The van der Waals surface area contributed by atoms with Gasteiger partial charge in [-0.3, -0.25) is 0 Å². The van der Waals surface area contributed by atoms with Crippen molar-refractivity contribution in [2.24, 2.45) is 0 Å². The maximum atomic E-state index is 10.7. The summed E-state index contributed by atoms with van der Waals surface area (Å²) in [5, 5.41) is 9.39. The fourth-order valence-electron chi connectivity index (χ4n) is 0.841. The average Bonchev–Trinajstić information content (AvgIpc) is 2.08. The van der Waals surface area contributed by atoms with Crippen molar-refractivity contribution in [3.63, 3.8) is 0 Å². The van der Waals surface area contributed by atoms with Crippen molar-refractivity contribution in [3.05, 3.63) is 29.3 Å². The summed E-state index contributed by atoms with van der Waals surface area (Å²) in [6.07, 6.45) is 0. The molecule has 0 radical (unpaired) electrons. The van der Waals surface area contributed by atoms with Gasteiger partial charge in [0, 0.05) is 5.02 Å². The van der Waals surface area contributed by atoms with Crippen LogP contribution in [0.1, 0.15) is 16.7 Å². The third-order valence-corrected chi connectivity index (χ3v) is 1.95. The zero-order valence-corrected chi connectivity index (χ0v) is 12.1. The molecular weight excluding hydrogens is 260 g/mol. The van der Waals surface area contributed by atoms with Gasteiger partial charge in [-0.2, -0.15) is 0 Å². The van der Waals surface area contributed by atoms with Gasteiger partial charge >= 0.3 is 43.7 Å². The quantitative estimate of drug-likeness (QED) is 0.851. The van der Waals surface area contributed by atoms with Crippen LogP contribution in [-0.2, 0) is 4.79 Å². The van der Waals surface area contributed by atoms with Crippen molar-refractivity contribution in [2.75, 3.05) is 0 Å². The smallest absolute Gasteiger partial charge is 1.00 e. The van der Waals surface area contributed by atoms with E-state index in [1.165, 1.54) is 13.8 Å². The number of hydrogen-bond donors (Lipinski definition) is 1. The molecule has 0 saturated heterocycles. The average molecular weight is 275 g/mol. The molecule has 0 aromatic heterocycles. The zero-order chi connectivity index (χ0) is 10.8. The van der Waals surface area contributed by atoms with Gasteiger partial charge in [-0.05, 0) is 38.1 Å². The number of carboxylic acids is 1. The van der Waals surface area contributed by atoms with E-state index < -0.39 is 11.6 Å². The van der Waals surface area contributed by atoms with Crippen LogP contribution in [0.4, 0.5) is 0 Å². The molecule has 4 nitrogen and oxygen atoms in total. The van der Waals surface area contributed by atoms with E-state index in [4.69, 9.17) is 21.4 Å². The normalized spacial score (nSPS) is 9.69. The molecule has 88 valence electrons. The Morgan fingerprint density at radius 1 is 1.38 bits per heavy atom. The van der Waals surface area contributed by atoms with Crippen molar-refractivity contribution < 1.29 is 23.0 Å². The molecule has 0 fully saturated rings. The molecule has 1 aromatic rings. The molecule has 6 heteroatoms. The van der Waals surface area contributed by atoms with Gasteiger partial charge in [-0.25, -0.2) is 4.79 Å². The molecule has 16 heavy (non-hydrogen) atoms. The summed E-state index contributed by atoms with van der Waals surface area (Å²) in [4.78, 5) is 10.7. The van der Waals surface area contributed by atoms with E-state index in [2.05, 4.69) is 0 Å². The third-order valence-electron chi connectivity index (χ3n) is 1.70. The summed E-state index contributed by atoms with van der Waals surface area (Å²) in [6, 6.07) is 6.56. The van der Waals surface area contributed by atoms with Crippen LogP contribution < -0.4 is 4.74 Å². The number of ether oxygens (including phenoxy) is 1. The van der Waals surface area contributed by atoms with E-state index in [9.17, 15) is 4.79 Å². The largest absolute Gasteiger partial charge is 2.00 e. The van der Waals surface area contributed by atoms with Gasteiger partial charge in [-0.1, -0.05) is 11.6 Å². The molecule has 0 aliphatic rings. The Hall–Kier alpha value is -0.000260. The Bertz CT molecular complexity index is 346. The SMILES string of the molecule is CC(C)(Oc1ccc(Cl)cc1)C(=O)O.O.[Ca+2].[H-].[H-]. The second kappa shape index (κ2) is 7.35. The first-order valence-electron chi connectivity index (χ1n) is 4.10. The van der Waals surface area contributed by atoms with Crippen LogP contribution in [0.25, 0.3) is 0 Å². The van der Waals surface area contributed by atoms with E-state index in [0.29, 0.717) is 10.8 Å². The van der Waals surface area contributed by atoms with Crippen LogP contribution in [0.2, 0.25) is 5.02 Å². The number of halogens is 1. The first-order valence-corrected chi connectivity index (χ1v) is 4.47. The minimum Gasteiger partial charge on any atom is -1.00 e. The van der Waals surface area contributed by atoms with Crippen molar-refractivity contribution >= 4 is 55.3 Å². The van der Waals surface area contributed by atoms with E-state index in [1.807, 2.05) is 0 Å². The van der Waals surface area contributed by atoms with Crippen LogP contribution in [0, 0.1) is 0 Å². The van der Waals surface area contributed by atoms with Gasteiger partial charge in [0.05, 0.1) is 0 Å². The predicted octanol–water partition coefficient (Wildman–Crippen LogP) is 1.60. The van der Waals surface area contributed by atoms with Crippen LogP contribution in [0.3, 0.4) is 0 Å². The summed E-state index contributed by atoms with van der Waals surface area (Å²) in [7, 11) is 0. The number of hydrogen-bond acceptors (Lipinski definition) is 2. The molecule has 0 amide bonds. The first kappa shape index (κ1) is 18.4. The molecule has 0 bridgehead atoms. The maximum absolute atomic E-state index is 10.7. The van der Waals surface area contributed by atoms with Crippen molar-refractivity contribution in [1.82, 2.24) is 0 Å². The molecule has 0 aliphatic heterocycles. The Morgan fingerprint density at radius 3 is 2.19 bits per heavy atom. The summed E-state index contributed by atoms with van der Waals surface area (Å²) in [6.45, 7) is 2.98. The third kappa shape index (κ3) is 5.36. The molecule has 0 spiro atoms. The maximum Gasteiger partial charge on any atom is 2.00 e. The number of carbonyl (C=O) groups is 1. The second-order valence-corrected chi connectivity index (χ2v) is 3.81. The summed E-state index contributed by atoms with van der Waals surface area (Å²) >= 11 is 5.67. The van der Waals surface area contributed by atoms with Crippen molar-refractivity contribution in [1.29, 1.82) is 0 Å². The number of aliphatic carboxylic acids is 1. The molecule has 0 atom stereocenters. The minimum atomic E-state index is -1.23. The van der Waals surface area contributed by atoms with Crippen LogP contribution in [0.5, 0.6) is 5.75 Å². The topological polar surface area (TPSA) is 78.0 Å². The predicted molar refractivity (Wildman–Crippen MR) is 65.4 cm³/mol. The Balaban J connectivity index is -0.000000245. The van der Waals surface area contributed by atoms with Crippen LogP contribution >= 0.6 is 11.6 Å². The molecule has 3 N–H and O–H groups in total. The molecule has 0 heterocycles. The fraction of sp³-hybridized carbons (Fsp3) is 0.300. The molecule has 1 aromatic carbocycles. The van der Waals surface area contributed by atoms with E-state index in [-0.39, 0.29) is 46.1 Å². The Labute approximate surface area is 132 Å². The van der Waals surface area contributed by atoms with Gasteiger partial charge in [0.25, 0.3) is 0 Å². The molecule has 0 unspecified atom stereocenters. The van der Waals surface area contributed by atoms with Crippen LogP contribution in [0.15, 0.2) is 24.3 Å². The van der Waals surface area contributed by atoms with E-state index in [1.54, 1.807) is 24.3 Å². The van der Waals surface area contributed by atoms with Gasteiger partial charge in [0.2, 0.25) is 0 Å². The minimum absolute atomic E-state index is 0. The number of rotatable bonds is 3. The summed E-state index contributed by atoms with van der Waals surface area (Å²) in [5.41, 5.74) is -1.23. The molecule has 1 rings (SSSR count). The molecule has 0 saturated carbocycles. The Kier molecular flexibility index (Phi) is 8.44. The van der Waals surface area contributed by atoms with Crippen molar-refractivity contribution in [2.45, 2.75) is 19.4 Å². The number of carboxylic acid groups (broad SMARTS) is 1. The van der Waals surface area contributed by atoms with E-state index >= 15 is 0 Å². The summed E-state index contributed by atoms with van der Waals surface area (Å²) in [5.74, 6) is -0.519. The monoisotopic (exact) mass is 274 g/mol. The Morgan fingerprint density at radius 2 is 1.81 bits per heavy atom. The van der Waals surface area contributed by atoms with Crippen molar-refractivity contribution in [3.8, 4) is 5.75 Å². The van der Waals surface area contributed by atoms with Gasteiger partial charge in [-0.15, -0.1) is 0 Å². The second-order valence-electron chi connectivity index (χ2n) is 3.37. The van der Waals surface area contributed by atoms with Crippen LogP contribution in [-0.4, -0.2) is 59.9 Å². The van der Waals surface area contributed by atoms with Gasteiger partial charge in [0.1, 0.15) is 5.75 Å². The summed E-state index contributed by atoms with van der Waals surface area (Å²) < 4.78 is 5.26. The molecular formula is C10H15CaClO4.